The molecule has 1 aliphatic heterocycles. The number of carbonyl (C=O) groups excluding carboxylic acids is 2. The molecule has 0 spiro atoms. The van der Waals surface area contributed by atoms with E-state index in [2.05, 4.69) is 10.0 Å². The summed E-state index contributed by atoms with van der Waals surface area (Å²) in [6.07, 6.45) is 0. The third-order valence-electron chi connectivity index (χ3n) is 4.35. The van der Waals surface area contributed by atoms with Gasteiger partial charge in [0.2, 0.25) is 15.9 Å². The van der Waals surface area contributed by atoms with Crippen molar-refractivity contribution in [2.24, 2.45) is 0 Å². The number of nitrogens with zero attached hydrogens (tertiary/aromatic N) is 1. The molecule has 0 unspecified atom stereocenters. The fraction of sp³-hybridized carbons (Fsp3) is 0.263. The maximum atomic E-state index is 12.6. The maximum Gasteiger partial charge on any atom is 0.269 e. The number of nitrogens with one attached hydrogen (secondary N) is 2. The number of benzene rings is 2. The number of methoxy groups -OCH3 is 1. The number of anilines is 1. The van der Waals surface area contributed by atoms with Crippen molar-refractivity contribution in [3.05, 3.63) is 48.0 Å². The number of amides is 2. The van der Waals surface area contributed by atoms with Crippen molar-refractivity contribution < 1.29 is 31.2 Å². The number of fused-ring (bicyclic) bond motifs is 1. The zero-order chi connectivity index (χ0) is 23.0. The van der Waals surface area contributed by atoms with Gasteiger partial charge in [-0.1, -0.05) is 12.1 Å². The van der Waals surface area contributed by atoms with Crippen LogP contribution in [0.3, 0.4) is 0 Å². The van der Waals surface area contributed by atoms with Crippen LogP contribution < -0.4 is 14.8 Å². The number of rotatable bonds is 7. The summed E-state index contributed by atoms with van der Waals surface area (Å²) in [5.41, 5.74) is 0.00132. The fourth-order valence-electron chi connectivity index (χ4n) is 3.04. The summed E-state index contributed by atoms with van der Waals surface area (Å²) in [4.78, 5) is 24.8. The smallest absolute Gasteiger partial charge is 0.269 e. The Kier molecular flexibility index (Phi) is 6.07. The molecule has 0 saturated carbocycles. The molecule has 2 aromatic carbocycles. The van der Waals surface area contributed by atoms with Crippen LogP contribution in [0.1, 0.15) is 24.2 Å². The van der Waals surface area contributed by atoms with Crippen molar-refractivity contribution in [3.8, 4) is 5.75 Å². The van der Waals surface area contributed by atoms with E-state index < -0.39 is 38.4 Å². The maximum absolute atomic E-state index is 12.6. The van der Waals surface area contributed by atoms with Gasteiger partial charge in [0.25, 0.3) is 15.9 Å². The Morgan fingerprint density at radius 2 is 1.84 bits per heavy atom. The van der Waals surface area contributed by atoms with Gasteiger partial charge in [0.05, 0.1) is 23.3 Å². The molecule has 1 heterocycles. The van der Waals surface area contributed by atoms with Gasteiger partial charge < -0.3 is 10.1 Å². The second kappa shape index (κ2) is 8.29. The molecular formula is C19H21N3O7S2. The standard InChI is InChI=1S/C19H21N3O7S2/c1-12(2)21-30(25,26)13-8-9-16(29-3)15(10-13)20-18(23)11-22-19(24)14-6-4-5-7-17(14)31(22,27)28/h4-10,12,21H,11H2,1-3H3,(H,20,23). The van der Waals surface area contributed by atoms with Crippen molar-refractivity contribution in [1.29, 1.82) is 0 Å². The van der Waals surface area contributed by atoms with E-state index in [-0.39, 0.29) is 32.8 Å². The quantitative estimate of drug-likeness (QED) is 0.623. The Bertz CT molecular complexity index is 1260. The highest BCUT2D eigenvalue weighted by molar-refractivity contribution is 7.90. The summed E-state index contributed by atoms with van der Waals surface area (Å²) < 4.78 is 58.1. The first-order valence-electron chi connectivity index (χ1n) is 9.13. The lowest BCUT2D eigenvalue weighted by atomic mass is 10.2. The van der Waals surface area contributed by atoms with E-state index in [1.165, 1.54) is 49.6 Å². The lowest BCUT2D eigenvalue weighted by molar-refractivity contribution is -0.116. The first-order chi connectivity index (χ1) is 14.5. The Balaban J connectivity index is 1.86. The van der Waals surface area contributed by atoms with Crippen molar-refractivity contribution in [3.63, 3.8) is 0 Å². The molecule has 2 aromatic rings. The SMILES string of the molecule is COc1ccc(S(=O)(=O)NC(C)C)cc1NC(=O)CN1C(=O)c2ccccc2S1(=O)=O. The minimum absolute atomic E-state index is 0.0132. The molecular weight excluding hydrogens is 446 g/mol. The number of ether oxygens (including phenoxy) is 1. The first kappa shape index (κ1) is 22.7. The molecule has 0 aromatic heterocycles. The molecule has 3 rings (SSSR count). The third kappa shape index (κ3) is 4.40. The molecule has 0 radical (unpaired) electrons. The predicted molar refractivity (Wildman–Crippen MR) is 112 cm³/mol. The summed E-state index contributed by atoms with van der Waals surface area (Å²) >= 11 is 0. The van der Waals surface area contributed by atoms with Gasteiger partial charge in [-0.2, -0.15) is 0 Å². The molecule has 2 amide bonds. The lowest BCUT2D eigenvalue weighted by Gasteiger charge is -2.17. The van der Waals surface area contributed by atoms with Crippen LogP contribution in [0.4, 0.5) is 5.69 Å². The lowest BCUT2D eigenvalue weighted by Crippen LogP contribution is -2.37. The zero-order valence-corrected chi connectivity index (χ0v) is 18.6. The van der Waals surface area contributed by atoms with Crippen LogP contribution in [0, 0.1) is 0 Å². The summed E-state index contributed by atoms with van der Waals surface area (Å²) in [5.74, 6) is -1.49. The van der Waals surface area contributed by atoms with Crippen LogP contribution in [-0.2, 0) is 24.8 Å². The van der Waals surface area contributed by atoms with Crippen molar-refractivity contribution >= 4 is 37.5 Å². The van der Waals surface area contributed by atoms with Crippen LogP contribution in [0.2, 0.25) is 0 Å². The highest BCUT2D eigenvalue weighted by atomic mass is 32.2. The van der Waals surface area contributed by atoms with E-state index in [0.29, 0.717) is 4.31 Å². The van der Waals surface area contributed by atoms with Crippen LogP contribution in [0.5, 0.6) is 5.75 Å². The van der Waals surface area contributed by atoms with Gasteiger partial charge in [0.1, 0.15) is 17.2 Å². The van der Waals surface area contributed by atoms with E-state index in [9.17, 15) is 26.4 Å². The second-order valence-electron chi connectivity index (χ2n) is 7.00. The number of hydrogen-bond donors (Lipinski definition) is 2. The second-order valence-corrected chi connectivity index (χ2v) is 10.5. The molecule has 0 fully saturated rings. The Morgan fingerprint density at radius 1 is 1.16 bits per heavy atom. The molecule has 2 N–H and O–H groups in total. The Labute approximate surface area is 180 Å². The van der Waals surface area contributed by atoms with Gasteiger partial charge in [-0.05, 0) is 44.2 Å². The van der Waals surface area contributed by atoms with Gasteiger partial charge in [-0.3, -0.25) is 9.59 Å². The van der Waals surface area contributed by atoms with E-state index in [4.69, 9.17) is 4.74 Å². The molecule has 0 bridgehead atoms. The molecule has 0 atom stereocenters. The minimum atomic E-state index is -4.16. The van der Waals surface area contributed by atoms with Gasteiger partial charge in [0.15, 0.2) is 0 Å². The zero-order valence-electron chi connectivity index (χ0n) is 16.9. The van der Waals surface area contributed by atoms with Crippen LogP contribution in [-0.4, -0.2) is 52.7 Å². The molecule has 12 heteroatoms. The first-order valence-corrected chi connectivity index (χ1v) is 12.1. The van der Waals surface area contributed by atoms with Gasteiger partial charge in [0, 0.05) is 6.04 Å². The highest BCUT2D eigenvalue weighted by Gasteiger charge is 2.41. The van der Waals surface area contributed by atoms with Crippen LogP contribution >= 0.6 is 0 Å². The number of hydrogen-bond acceptors (Lipinski definition) is 7. The summed E-state index contributed by atoms with van der Waals surface area (Å²) in [6.45, 7) is 2.55. The minimum Gasteiger partial charge on any atom is -0.495 e. The summed E-state index contributed by atoms with van der Waals surface area (Å²) in [6, 6.07) is 9.18. The van der Waals surface area contributed by atoms with E-state index >= 15 is 0 Å². The van der Waals surface area contributed by atoms with Gasteiger partial charge in [-0.25, -0.2) is 25.9 Å². The predicted octanol–water partition coefficient (Wildman–Crippen LogP) is 1.17. The van der Waals surface area contributed by atoms with Crippen molar-refractivity contribution in [1.82, 2.24) is 9.03 Å². The molecule has 1 aliphatic rings. The van der Waals surface area contributed by atoms with Crippen molar-refractivity contribution in [2.75, 3.05) is 19.0 Å². The molecule has 31 heavy (non-hydrogen) atoms. The van der Waals surface area contributed by atoms with Gasteiger partial charge in [-0.15, -0.1) is 0 Å². The summed E-state index contributed by atoms with van der Waals surface area (Å²) in [5, 5.41) is 2.42. The van der Waals surface area contributed by atoms with Crippen LogP contribution in [0.15, 0.2) is 52.3 Å². The number of sulfonamides is 2. The van der Waals surface area contributed by atoms with E-state index in [1.54, 1.807) is 13.8 Å². The summed E-state index contributed by atoms with van der Waals surface area (Å²) in [7, 11) is -6.67. The molecule has 166 valence electrons. The van der Waals surface area contributed by atoms with Crippen LogP contribution in [0.25, 0.3) is 0 Å². The monoisotopic (exact) mass is 467 g/mol. The molecule has 10 nitrogen and oxygen atoms in total. The molecule has 0 saturated heterocycles. The van der Waals surface area contributed by atoms with E-state index in [0.717, 1.165) is 0 Å². The van der Waals surface area contributed by atoms with Crippen molar-refractivity contribution in [2.45, 2.75) is 29.7 Å². The average Bonchev–Trinajstić information content (AvgIpc) is 2.88. The largest absolute Gasteiger partial charge is 0.495 e. The third-order valence-corrected chi connectivity index (χ3v) is 7.79. The molecule has 0 aliphatic carbocycles. The number of carbonyl (C=O) groups is 2. The Hall–Kier alpha value is -2.96. The normalized spacial score (nSPS) is 15.1. The van der Waals surface area contributed by atoms with E-state index in [1.807, 2.05) is 0 Å². The highest BCUT2D eigenvalue weighted by Crippen LogP contribution is 2.31. The topological polar surface area (TPSA) is 139 Å². The Morgan fingerprint density at radius 3 is 2.45 bits per heavy atom. The fourth-order valence-corrected chi connectivity index (χ4v) is 5.84. The van der Waals surface area contributed by atoms with Gasteiger partial charge >= 0.3 is 0 Å². The average molecular weight is 468 g/mol.